The Morgan fingerprint density at radius 1 is 1.59 bits per heavy atom. The normalized spacial score (nSPS) is 11.6. The van der Waals surface area contributed by atoms with E-state index in [-0.39, 0.29) is 24.2 Å². The predicted octanol–water partition coefficient (Wildman–Crippen LogP) is 1.64. The van der Waals surface area contributed by atoms with E-state index >= 15 is 0 Å². The van der Waals surface area contributed by atoms with Crippen molar-refractivity contribution in [3.05, 3.63) is 17.7 Å². The van der Waals surface area contributed by atoms with Crippen molar-refractivity contribution in [2.24, 2.45) is 7.05 Å². The third-order valence-corrected chi connectivity index (χ3v) is 2.52. The second-order valence-electron chi connectivity index (χ2n) is 3.50. The van der Waals surface area contributed by atoms with Crippen LogP contribution in [-0.2, 0) is 24.6 Å². The zero-order valence-corrected chi connectivity index (χ0v) is 10.0. The van der Waals surface area contributed by atoms with Gasteiger partial charge in [0, 0.05) is 14.1 Å². The van der Waals surface area contributed by atoms with Crippen molar-refractivity contribution in [3.8, 4) is 0 Å². The van der Waals surface area contributed by atoms with Crippen LogP contribution in [0.25, 0.3) is 0 Å². The number of aromatic nitrogens is 2. The first-order valence-electron chi connectivity index (χ1n) is 4.65. The number of nitrogens with zero attached hydrogens (tertiary/aromatic N) is 3. The van der Waals surface area contributed by atoms with Crippen molar-refractivity contribution >= 4 is 17.5 Å². The van der Waals surface area contributed by atoms with Gasteiger partial charge in [0.15, 0.2) is 0 Å². The van der Waals surface area contributed by atoms with Gasteiger partial charge in [0.1, 0.15) is 17.4 Å². The molecule has 0 radical (unpaired) electrons. The highest BCUT2D eigenvalue weighted by Gasteiger charge is 2.35. The lowest BCUT2D eigenvalue weighted by atomic mass is 10.4. The zero-order chi connectivity index (χ0) is 13.2. The van der Waals surface area contributed by atoms with E-state index in [1.54, 1.807) is 0 Å². The van der Waals surface area contributed by atoms with E-state index in [2.05, 4.69) is 4.98 Å². The number of rotatable bonds is 3. The van der Waals surface area contributed by atoms with Crippen LogP contribution in [0.4, 0.5) is 13.2 Å². The summed E-state index contributed by atoms with van der Waals surface area (Å²) in [5, 5.41) is 0. The van der Waals surface area contributed by atoms with Crippen molar-refractivity contribution in [3.63, 3.8) is 0 Å². The Morgan fingerprint density at radius 2 is 2.18 bits per heavy atom. The number of carbonyl (C=O) groups excluding carboxylic acids is 1. The third-order valence-electron chi connectivity index (χ3n) is 2.29. The van der Waals surface area contributed by atoms with Crippen LogP contribution >= 0.6 is 11.6 Å². The number of halogens is 4. The molecule has 0 aliphatic heterocycles. The largest absolute Gasteiger partial charge is 0.432 e. The molecule has 0 fully saturated rings. The molecule has 0 bridgehead atoms. The van der Waals surface area contributed by atoms with Crippen LogP contribution in [0.1, 0.15) is 11.5 Å². The predicted molar refractivity (Wildman–Crippen MR) is 55.4 cm³/mol. The molecule has 1 aromatic rings. The lowest BCUT2D eigenvalue weighted by Crippen LogP contribution is -2.28. The lowest BCUT2D eigenvalue weighted by molar-refractivity contribution is -0.143. The number of imidazole rings is 1. The van der Waals surface area contributed by atoms with Crippen molar-refractivity contribution in [1.29, 1.82) is 0 Å². The zero-order valence-electron chi connectivity index (χ0n) is 9.25. The number of alkyl halides is 4. The molecule has 0 aliphatic carbocycles. The van der Waals surface area contributed by atoms with Crippen molar-refractivity contribution in [1.82, 2.24) is 14.5 Å². The maximum absolute atomic E-state index is 12.5. The molecule has 0 unspecified atom stereocenters. The van der Waals surface area contributed by atoms with Gasteiger partial charge in [-0.15, -0.1) is 11.6 Å². The topological polar surface area (TPSA) is 38.1 Å². The summed E-state index contributed by atoms with van der Waals surface area (Å²) in [6, 6.07) is 0. The van der Waals surface area contributed by atoms with Crippen molar-refractivity contribution in [2.45, 2.75) is 12.7 Å². The summed E-state index contributed by atoms with van der Waals surface area (Å²) in [6.07, 6.45) is -3.70. The summed E-state index contributed by atoms with van der Waals surface area (Å²) >= 11 is 5.33. The Labute approximate surface area is 101 Å². The molecule has 0 N–H and O–H groups in total. The summed E-state index contributed by atoms with van der Waals surface area (Å²) in [4.78, 5) is 16.0. The van der Waals surface area contributed by atoms with Gasteiger partial charge in [-0.1, -0.05) is 0 Å². The fourth-order valence-corrected chi connectivity index (χ4v) is 1.46. The summed E-state index contributed by atoms with van der Waals surface area (Å²) < 4.78 is 38.3. The summed E-state index contributed by atoms with van der Waals surface area (Å²) in [7, 11) is 2.71. The molecule has 0 spiro atoms. The molecule has 0 saturated heterocycles. The fraction of sp³-hybridized carbons (Fsp3) is 0.556. The first-order valence-corrected chi connectivity index (χ1v) is 5.18. The molecule has 1 aromatic heterocycles. The average Bonchev–Trinajstić information content (AvgIpc) is 2.58. The number of hydrogen-bond acceptors (Lipinski definition) is 2. The van der Waals surface area contributed by atoms with Gasteiger partial charge in [-0.2, -0.15) is 13.2 Å². The highest BCUT2D eigenvalue weighted by Crippen LogP contribution is 2.29. The van der Waals surface area contributed by atoms with Gasteiger partial charge in [0.2, 0.25) is 5.91 Å². The molecular weight excluding hydrogens is 259 g/mol. The molecule has 0 aromatic carbocycles. The molecule has 1 amide bonds. The van der Waals surface area contributed by atoms with Gasteiger partial charge in [-0.25, -0.2) is 4.98 Å². The van der Waals surface area contributed by atoms with Crippen LogP contribution in [0, 0.1) is 0 Å². The second kappa shape index (κ2) is 4.95. The maximum Gasteiger partial charge on any atom is 0.432 e. The molecule has 17 heavy (non-hydrogen) atoms. The molecule has 1 heterocycles. The molecule has 0 aliphatic rings. The SMILES string of the molecule is CN(Cc1ncc(C(F)(F)F)n1C)C(=O)CCl. The van der Waals surface area contributed by atoms with Crippen LogP contribution < -0.4 is 0 Å². The monoisotopic (exact) mass is 269 g/mol. The summed E-state index contributed by atoms with van der Waals surface area (Å²) in [5.41, 5.74) is -0.848. The van der Waals surface area contributed by atoms with Crippen LogP contribution in [0.15, 0.2) is 6.20 Å². The average molecular weight is 270 g/mol. The Kier molecular flexibility index (Phi) is 4.03. The van der Waals surface area contributed by atoms with E-state index < -0.39 is 11.9 Å². The summed E-state index contributed by atoms with van der Waals surface area (Å²) in [5.74, 6) is -0.436. The maximum atomic E-state index is 12.5. The third kappa shape index (κ3) is 3.12. The van der Waals surface area contributed by atoms with Crippen molar-refractivity contribution in [2.75, 3.05) is 12.9 Å². The molecule has 0 atom stereocenters. The molecule has 8 heteroatoms. The number of amides is 1. The minimum Gasteiger partial charge on any atom is -0.337 e. The van der Waals surface area contributed by atoms with E-state index in [4.69, 9.17) is 11.6 Å². The van der Waals surface area contributed by atoms with Gasteiger partial charge in [0.05, 0.1) is 12.7 Å². The Hall–Kier alpha value is -1.24. The Morgan fingerprint density at radius 3 is 2.59 bits per heavy atom. The van der Waals surface area contributed by atoms with E-state index in [0.29, 0.717) is 0 Å². The minimum absolute atomic E-state index is 0.0157. The summed E-state index contributed by atoms with van der Waals surface area (Å²) in [6.45, 7) is -0.0157. The van der Waals surface area contributed by atoms with Crippen molar-refractivity contribution < 1.29 is 18.0 Å². The highest BCUT2D eigenvalue weighted by molar-refractivity contribution is 6.27. The van der Waals surface area contributed by atoms with Crippen LogP contribution in [0.2, 0.25) is 0 Å². The van der Waals surface area contributed by atoms with Crippen LogP contribution in [0.3, 0.4) is 0 Å². The van der Waals surface area contributed by atoms with E-state index in [0.717, 1.165) is 10.8 Å². The molecule has 4 nitrogen and oxygen atoms in total. The smallest absolute Gasteiger partial charge is 0.337 e. The van der Waals surface area contributed by atoms with Gasteiger partial charge in [-0.05, 0) is 0 Å². The van der Waals surface area contributed by atoms with E-state index in [9.17, 15) is 18.0 Å². The number of carbonyl (C=O) groups is 1. The number of hydrogen-bond donors (Lipinski definition) is 0. The van der Waals surface area contributed by atoms with E-state index in [1.165, 1.54) is 19.0 Å². The quantitative estimate of drug-likeness (QED) is 0.783. The molecule has 96 valence electrons. The van der Waals surface area contributed by atoms with Gasteiger partial charge >= 0.3 is 6.18 Å². The van der Waals surface area contributed by atoms with Crippen LogP contribution in [0.5, 0.6) is 0 Å². The first kappa shape index (κ1) is 13.8. The van der Waals surface area contributed by atoms with Gasteiger partial charge in [0.25, 0.3) is 0 Å². The van der Waals surface area contributed by atoms with Gasteiger partial charge in [-0.3, -0.25) is 4.79 Å². The highest BCUT2D eigenvalue weighted by atomic mass is 35.5. The molecule has 1 rings (SSSR count). The molecule has 0 saturated carbocycles. The second-order valence-corrected chi connectivity index (χ2v) is 3.77. The first-order chi connectivity index (χ1) is 7.77. The van der Waals surface area contributed by atoms with E-state index in [1.807, 2.05) is 0 Å². The lowest BCUT2D eigenvalue weighted by Gasteiger charge is -2.16. The molecular formula is C9H11ClF3N3O. The Bertz CT molecular complexity index is 416. The van der Waals surface area contributed by atoms with Gasteiger partial charge < -0.3 is 9.47 Å². The standard InChI is InChI=1S/C9H11ClF3N3O/c1-15(8(17)3-10)5-7-14-4-6(16(7)2)9(11,12)13/h4H,3,5H2,1-2H3. The van der Waals surface area contributed by atoms with Crippen LogP contribution in [-0.4, -0.2) is 33.3 Å². The minimum atomic E-state index is -4.45. The fourth-order valence-electron chi connectivity index (χ4n) is 1.26. The Balaban J connectivity index is 2.88.